The molecule has 1 aliphatic rings. The Hall–Kier alpha value is -1.55. The van der Waals surface area contributed by atoms with Gasteiger partial charge in [-0.15, -0.1) is 0 Å². The number of nitrogens with two attached hydrogens (primary N) is 1. The maximum atomic E-state index is 11.7. The van der Waals surface area contributed by atoms with Crippen LogP contribution in [0.5, 0.6) is 0 Å². The number of benzene rings is 1. The number of nitrogens with one attached hydrogen (secondary N) is 1. The summed E-state index contributed by atoms with van der Waals surface area (Å²) in [6.45, 7) is 3.21. The molecule has 2 amide bonds. The van der Waals surface area contributed by atoms with Crippen LogP contribution in [-0.4, -0.2) is 30.1 Å². The van der Waals surface area contributed by atoms with Crippen LogP contribution in [0.15, 0.2) is 30.3 Å². The first-order chi connectivity index (χ1) is 7.66. The van der Waals surface area contributed by atoms with Crippen LogP contribution in [0.4, 0.5) is 4.79 Å². The van der Waals surface area contributed by atoms with Crippen LogP contribution >= 0.6 is 0 Å². The molecule has 1 fully saturated rings. The fourth-order valence-electron chi connectivity index (χ4n) is 1.97. The summed E-state index contributed by atoms with van der Waals surface area (Å²) in [7, 11) is 0. The Labute approximate surface area is 95.4 Å². The van der Waals surface area contributed by atoms with E-state index in [4.69, 9.17) is 5.73 Å². The Bertz CT molecular complexity index is 364. The molecule has 1 aromatic carbocycles. The fraction of sp³-hybridized carbons (Fsp3) is 0.417. The Balaban J connectivity index is 2.04. The van der Waals surface area contributed by atoms with Crippen molar-refractivity contribution in [1.82, 2.24) is 10.2 Å². The highest BCUT2D eigenvalue weighted by Crippen LogP contribution is 2.19. The summed E-state index contributed by atoms with van der Waals surface area (Å²) in [6.07, 6.45) is 0. The molecule has 0 aromatic heterocycles. The molecule has 4 heteroatoms. The second-order valence-electron chi connectivity index (χ2n) is 4.30. The fourth-order valence-corrected chi connectivity index (χ4v) is 1.97. The largest absolute Gasteiger partial charge is 0.329 e. The van der Waals surface area contributed by atoms with Gasteiger partial charge in [-0.05, 0) is 12.5 Å². The summed E-state index contributed by atoms with van der Waals surface area (Å²) >= 11 is 0. The van der Waals surface area contributed by atoms with Gasteiger partial charge < -0.3 is 16.0 Å². The lowest BCUT2D eigenvalue weighted by molar-refractivity contribution is 0.215. The molecule has 3 N–H and O–H groups in total. The SMILES string of the molecule is CC(N)CN1CC(c2ccccc2)NC1=O. The van der Waals surface area contributed by atoms with E-state index < -0.39 is 0 Å². The highest BCUT2D eigenvalue weighted by atomic mass is 16.2. The van der Waals surface area contributed by atoms with Crippen LogP contribution in [0, 0.1) is 0 Å². The maximum Gasteiger partial charge on any atom is 0.318 e. The van der Waals surface area contributed by atoms with Crippen LogP contribution in [0.2, 0.25) is 0 Å². The van der Waals surface area contributed by atoms with Crippen molar-refractivity contribution in [2.24, 2.45) is 5.73 Å². The minimum Gasteiger partial charge on any atom is -0.329 e. The van der Waals surface area contributed by atoms with Gasteiger partial charge in [-0.2, -0.15) is 0 Å². The zero-order chi connectivity index (χ0) is 11.5. The zero-order valence-corrected chi connectivity index (χ0v) is 9.39. The number of nitrogens with zero attached hydrogens (tertiary/aromatic N) is 1. The first-order valence-corrected chi connectivity index (χ1v) is 5.53. The van der Waals surface area contributed by atoms with Crippen molar-refractivity contribution >= 4 is 6.03 Å². The van der Waals surface area contributed by atoms with Gasteiger partial charge in [0.25, 0.3) is 0 Å². The van der Waals surface area contributed by atoms with E-state index in [9.17, 15) is 4.79 Å². The van der Waals surface area contributed by atoms with Crippen molar-refractivity contribution in [3.63, 3.8) is 0 Å². The number of hydrogen-bond donors (Lipinski definition) is 2. The van der Waals surface area contributed by atoms with Gasteiger partial charge in [-0.1, -0.05) is 30.3 Å². The summed E-state index contributed by atoms with van der Waals surface area (Å²) < 4.78 is 0. The van der Waals surface area contributed by atoms with Crippen LogP contribution in [-0.2, 0) is 0 Å². The number of hydrogen-bond acceptors (Lipinski definition) is 2. The predicted molar refractivity (Wildman–Crippen MR) is 62.9 cm³/mol. The van der Waals surface area contributed by atoms with Crippen molar-refractivity contribution in [3.8, 4) is 0 Å². The van der Waals surface area contributed by atoms with Gasteiger partial charge >= 0.3 is 6.03 Å². The summed E-state index contributed by atoms with van der Waals surface area (Å²) in [6, 6.07) is 10.1. The standard InChI is InChI=1S/C12H17N3O/c1-9(13)7-15-8-11(14-12(15)16)10-5-3-2-4-6-10/h2-6,9,11H,7-8,13H2,1H3,(H,14,16). The summed E-state index contributed by atoms with van der Waals surface area (Å²) in [5.74, 6) is 0. The molecule has 1 saturated heterocycles. The van der Waals surface area contributed by atoms with Gasteiger partial charge in [0, 0.05) is 19.1 Å². The third kappa shape index (κ3) is 2.33. The predicted octanol–water partition coefficient (Wildman–Crippen LogP) is 1.10. The van der Waals surface area contributed by atoms with Gasteiger partial charge in [0.05, 0.1) is 6.04 Å². The van der Waals surface area contributed by atoms with Crippen molar-refractivity contribution in [3.05, 3.63) is 35.9 Å². The van der Waals surface area contributed by atoms with Gasteiger partial charge in [0.1, 0.15) is 0 Å². The molecule has 2 unspecified atom stereocenters. The molecule has 0 aliphatic carbocycles. The van der Waals surface area contributed by atoms with Crippen LogP contribution in [0.25, 0.3) is 0 Å². The number of urea groups is 1. The molecule has 0 spiro atoms. The Morgan fingerprint density at radius 1 is 1.50 bits per heavy atom. The second-order valence-corrected chi connectivity index (χ2v) is 4.30. The molecule has 1 aromatic rings. The molecule has 0 radical (unpaired) electrons. The van der Waals surface area contributed by atoms with Gasteiger partial charge in [0.15, 0.2) is 0 Å². The maximum absolute atomic E-state index is 11.7. The molecule has 0 saturated carbocycles. The number of amides is 2. The third-order valence-corrected chi connectivity index (χ3v) is 2.70. The average molecular weight is 219 g/mol. The summed E-state index contributed by atoms with van der Waals surface area (Å²) in [4.78, 5) is 13.4. The minimum atomic E-state index is -0.0221. The van der Waals surface area contributed by atoms with Gasteiger partial charge in [-0.3, -0.25) is 0 Å². The number of carbonyl (C=O) groups is 1. The van der Waals surface area contributed by atoms with Crippen LogP contribution in [0.1, 0.15) is 18.5 Å². The van der Waals surface area contributed by atoms with Gasteiger partial charge in [0.2, 0.25) is 0 Å². The van der Waals surface area contributed by atoms with Crippen molar-refractivity contribution in [2.75, 3.05) is 13.1 Å². The lowest BCUT2D eigenvalue weighted by Crippen LogP contribution is -2.37. The monoisotopic (exact) mass is 219 g/mol. The van der Waals surface area contributed by atoms with Crippen molar-refractivity contribution < 1.29 is 4.79 Å². The van der Waals surface area contributed by atoms with E-state index in [1.54, 1.807) is 4.90 Å². The molecule has 16 heavy (non-hydrogen) atoms. The molecule has 2 rings (SSSR count). The molecule has 1 aliphatic heterocycles. The lowest BCUT2D eigenvalue weighted by Gasteiger charge is -2.16. The van der Waals surface area contributed by atoms with E-state index in [1.165, 1.54) is 0 Å². The van der Waals surface area contributed by atoms with E-state index >= 15 is 0 Å². The van der Waals surface area contributed by atoms with E-state index in [-0.39, 0.29) is 18.1 Å². The quantitative estimate of drug-likeness (QED) is 0.799. The second kappa shape index (κ2) is 4.53. The minimum absolute atomic E-state index is 0.0141. The van der Waals surface area contributed by atoms with Crippen LogP contribution in [0.3, 0.4) is 0 Å². The topological polar surface area (TPSA) is 58.4 Å². The van der Waals surface area contributed by atoms with Crippen molar-refractivity contribution in [2.45, 2.75) is 19.0 Å². The Morgan fingerprint density at radius 2 is 2.19 bits per heavy atom. The highest BCUT2D eigenvalue weighted by molar-refractivity contribution is 5.77. The van der Waals surface area contributed by atoms with Crippen molar-refractivity contribution in [1.29, 1.82) is 0 Å². The number of rotatable bonds is 3. The Morgan fingerprint density at radius 3 is 2.81 bits per heavy atom. The first-order valence-electron chi connectivity index (χ1n) is 5.53. The van der Waals surface area contributed by atoms with E-state index in [1.807, 2.05) is 37.3 Å². The molecule has 0 bridgehead atoms. The van der Waals surface area contributed by atoms with E-state index in [2.05, 4.69) is 5.32 Å². The molecular formula is C12H17N3O. The van der Waals surface area contributed by atoms with E-state index in [0.717, 1.165) is 5.56 Å². The smallest absolute Gasteiger partial charge is 0.318 e. The molecule has 4 nitrogen and oxygen atoms in total. The normalized spacial score (nSPS) is 22.0. The zero-order valence-electron chi connectivity index (χ0n) is 9.39. The van der Waals surface area contributed by atoms with E-state index in [0.29, 0.717) is 13.1 Å². The molecule has 86 valence electrons. The lowest BCUT2D eigenvalue weighted by atomic mass is 10.1. The molecule has 1 heterocycles. The molecule has 2 atom stereocenters. The van der Waals surface area contributed by atoms with Gasteiger partial charge in [-0.25, -0.2) is 4.79 Å². The summed E-state index contributed by atoms with van der Waals surface area (Å²) in [5.41, 5.74) is 6.84. The molecular weight excluding hydrogens is 202 g/mol. The summed E-state index contributed by atoms with van der Waals surface area (Å²) in [5, 5.41) is 2.96. The average Bonchev–Trinajstić information content (AvgIpc) is 2.61. The first kappa shape index (κ1) is 11.0. The number of carbonyl (C=O) groups excluding carboxylic acids is 1. The Kier molecular flexibility index (Phi) is 3.10. The third-order valence-electron chi connectivity index (χ3n) is 2.70. The van der Waals surface area contributed by atoms with Crippen LogP contribution < -0.4 is 11.1 Å². The highest BCUT2D eigenvalue weighted by Gasteiger charge is 2.29.